The summed E-state index contributed by atoms with van der Waals surface area (Å²) in [4.78, 5) is 27.7. The number of halogens is 2. The zero-order valence-corrected chi connectivity index (χ0v) is 21.5. The molecule has 7 nitrogen and oxygen atoms in total. The molecule has 0 aliphatic heterocycles. The van der Waals surface area contributed by atoms with Crippen molar-refractivity contribution in [2.45, 2.75) is 45.8 Å². The van der Waals surface area contributed by atoms with E-state index in [9.17, 15) is 22.4 Å². The van der Waals surface area contributed by atoms with Gasteiger partial charge in [0.1, 0.15) is 18.4 Å². The van der Waals surface area contributed by atoms with Gasteiger partial charge < -0.3 is 10.2 Å². The predicted molar refractivity (Wildman–Crippen MR) is 131 cm³/mol. The van der Waals surface area contributed by atoms with Gasteiger partial charge in [-0.1, -0.05) is 41.1 Å². The van der Waals surface area contributed by atoms with Gasteiger partial charge in [0.05, 0.1) is 11.9 Å². The van der Waals surface area contributed by atoms with E-state index in [0.29, 0.717) is 22.1 Å². The molecule has 0 aromatic heterocycles. The SMILES string of the molecule is CC[C@@H](C(=O)NC(C)C)N(Cc1ccc(F)cc1)C(=O)CN(c1cccc(Br)c1)S(C)(=O)=O. The average molecular weight is 542 g/mol. The molecule has 0 radical (unpaired) electrons. The molecule has 2 aromatic carbocycles. The number of hydrogen-bond acceptors (Lipinski definition) is 4. The third-order valence-electron chi connectivity index (χ3n) is 4.86. The van der Waals surface area contributed by atoms with Crippen molar-refractivity contribution in [3.05, 3.63) is 64.4 Å². The molecule has 0 aliphatic rings. The second kappa shape index (κ2) is 11.6. The summed E-state index contributed by atoms with van der Waals surface area (Å²) in [6, 6.07) is 11.3. The summed E-state index contributed by atoms with van der Waals surface area (Å²) < 4.78 is 40.1. The number of anilines is 1. The van der Waals surface area contributed by atoms with Crippen molar-refractivity contribution in [3.63, 3.8) is 0 Å². The molecule has 10 heteroatoms. The fourth-order valence-corrected chi connectivity index (χ4v) is 4.56. The highest BCUT2D eigenvalue weighted by Gasteiger charge is 2.32. The van der Waals surface area contributed by atoms with Crippen LogP contribution < -0.4 is 9.62 Å². The first-order chi connectivity index (χ1) is 15.4. The standard InChI is InChI=1S/C23H29BrFN3O4S/c1-5-21(23(30)26-16(2)3)27(14-17-9-11-19(25)12-10-17)22(29)15-28(33(4,31)32)20-8-6-7-18(24)13-20/h6-13,16,21H,5,14-15H2,1-4H3,(H,26,30)/t21-/m0/s1. The third-order valence-corrected chi connectivity index (χ3v) is 6.49. The Hall–Kier alpha value is -2.46. The van der Waals surface area contributed by atoms with Gasteiger partial charge in [0.15, 0.2) is 0 Å². The molecule has 0 heterocycles. The van der Waals surface area contributed by atoms with Gasteiger partial charge in [-0.25, -0.2) is 12.8 Å². The Balaban J connectivity index is 2.43. The molecule has 0 fully saturated rings. The van der Waals surface area contributed by atoms with Crippen LogP contribution in [0.1, 0.15) is 32.8 Å². The molecule has 0 unspecified atom stereocenters. The third kappa shape index (κ3) is 7.82. The number of hydrogen-bond donors (Lipinski definition) is 1. The molecule has 180 valence electrons. The van der Waals surface area contributed by atoms with E-state index in [1.54, 1.807) is 31.2 Å². The average Bonchev–Trinajstić information content (AvgIpc) is 2.71. The van der Waals surface area contributed by atoms with E-state index in [1.807, 2.05) is 13.8 Å². The molecule has 0 bridgehead atoms. The first kappa shape index (κ1) is 26.8. The molecule has 0 saturated carbocycles. The van der Waals surface area contributed by atoms with E-state index < -0.39 is 34.3 Å². The van der Waals surface area contributed by atoms with Gasteiger partial charge in [-0.15, -0.1) is 0 Å². The van der Waals surface area contributed by atoms with E-state index >= 15 is 0 Å². The van der Waals surface area contributed by atoms with Gasteiger partial charge in [0.25, 0.3) is 0 Å². The van der Waals surface area contributed by atoms with Gasteiger partial charge in [-0.05, 0) is 56.2 Å². The van der Waals surface area contributed by atoms with E-state index in [-0.39, 0.29) is 18.5 Å². The smallest absolute Gasteiger partial charge is 0.244 e. The fraction of sp³-hybridized carbons (Fsp3) is 0.391. The van der Waals surface area contributed by atoms with Crippen LogP contribution in [0.25, 0.3) is 0 Å². The van der Waals surface area contributed by atoms with Crippen LogP contribution in [0.2, 0.25) is 0 Å². The van der Waals surface area contributed by atoms with Crippen LogP contribution in [-0.2, 0) is 26.2 Å². The molecule has 0 saturated heterocycles. The van der Waals surface area contributed by atoms with Crippen LogP contribution >= 0.6 is 15.9 Å². The molecule has 33 heavy (non-hydrogen) atoms. The normalized spacial score (nSPS) is 12.3. The predicted octanol–water partition coefficient (Wildman–Crippen LogP) is 3.69. The van der Waals surface area contributed by atoms with Crippen molar-refractivity contribution >= 4 is 43.5 Å². The zero-order chi connectivity index (χ0) is 24.8. The van der Waals surface area contributed by atoms with Crippen molar-refractivity contribution in [2.24, 2.45) is 0 Å². The first-order valence-electron chi connectivity index (χ1n) is 10.5. The minimum absolute atomic E-state index is 0.0270. The monoisotopic (exact) mass is 541 g/mol. The van der Waals surface area contributed by atoms with Crippen LogP contribution in [-0.4, -0.2) is 50.0 Å². The largest absolute Gasteiger partial charge is 0.352 e. The summed E-state index contributed by atoms with van der Waals surface area (Å²) in [6.07, 6.45) is 1.34. The number of benzene rings is 2. The molecule has 0 aliphatic carbocycles. The zero-order valence-electron chi connectivity index (χ0n) is 19.1. The minimum Gasteiger partial charge on any atom is -0.352 e. The van der Waals surface area contributed by atoms with E-state index in [0.717, 1.165) is 10.6 Å². The molecule has 2 aromatic rings. The lowest BCUT2D eigenvalue weighted by Crippen LogP contribution is -2.53. The number of sulfonamides is 1. The van der Waals surface area contributed by atoms with Crippen LogP contribution in [0.15, 0.2) is 53.0 Å². The Morgan fingerprint density at radius 3 is 2.27 bits per heavy atom. The number of carbonyl (C=O) groups excluding carboxylic acids is 2. The highest BCUT2D eigenvalue weighted by atomic mass is 79.9. The van der Waals surface area contributed by atoms with E-state index in [1.165, 1.54) is 29.2 Å². The summed E-state index contributed by atoms with van der Waals surface area (Å²) in [6.45, 7) is 4.95. The molecule has 2 rings (SSSR count). The lowest BCUT2D eigenvalue weighted by atomic mass is 10.1. The Bertz CT molecular complexity index is 1080. The maximum atomic E-state index is 13.5. The van der Waals surface area contributed by atoms with Gasteiger partial charge in [-0.3, -0.25) is 13.9 Å². The summed E-state index contributed by atoms with van der Waals surface area (Å²) in [5.41, 5.74) is 0.940. The van der Waals surface area contributed by atoms with Gasteiger partial charge in [0, 0.05) is 17.1 Å². The topological polar surface area (TPSA) is 86.8 Å². The fourth-order valence-electron chi connectivity index (χ4n) is 3.33. The van der Waals surface area contributed by atoms with E-state index in [2.05, 4.69) is 21.2 Å². The maximum absolute atomic E-state index is 13.5. The Kier molecular flexibility index (Phi) is 9.42. The lowest BCUT2D eigenvalue weighted by molar-refractivity contribution is -0.140. The molecular weight excluding hydrogens is 513 g/mol. The number of nitrogens with zero attached hydrogens (tertiary/aromatic N) is 2. The minimum atomic E-state index is -3.80. The molecule has 1 N–H and O–H groups in total. The van der Waals surface area contributed by atoms with Crippen LogP contribution in [0.4, 0.5) is 10.1 Å². The second-order valence-electron chi connectivity index (χ2n) is 7.98. The first-order valence-corrected chi connectivity index (χ1v) is 13.1. The molecular formula is C23H29BrFN3O4S. The molecule has 1 atom stereocenters. The number of amides is 2. The van der Waals surface area contributed by atoms with Crippen molar-refractivity contribution in [3.8, 4) is 0 Å². The number of rotatable bonds is 10. The second-order valence-corrected chi connectivity index (χ2v) is 10.8. The quantitative estimate of drug-likeness (QED) is 0.497. The van der Waals surface area contributed by atoms with Crippen molar-refractivity contribution in [1.29, 1.82) is 0 Å². The highest BCUT2D eigenvalue weighted by molar-refractivity contribution is 9.10. The van der Waals surface area contributed by atoms with Crippen LogP contribution in [0, 0.1) is 5.82 Å². The lowest BCUT2D eigenvalue weighted by Gasteiger charge is -2.33. The van der Waals surface area contributed by atoms with Crippen molar-refractivity contribution in [2.75, 3.05) is 17.1 Å². The summed E-state index contributed by atoms with van der Waals surface area (Å²) in [7, 11) is -3.80. The summed E-state index contributed by atoms with van der Waals surface area (Å²) in [5, 5.41) is 2.82. The summed E-state index contributed by atoms with van der Waals surface area (Å²) >= 11 is 3.32. The van der Waals surface area contributed by atoms with Crippen LogP contribution in [0.5, 0.6) is 0 Å². The van der Waals surface area contributed by atoms with Crippen molar-refractivity contribution < 1.29 is 22.4 Å². The highest BCUT2D eigenvalue weighted by Crippen LogP contribution is 2.23. The number of nitrogens with one attached hydrogen (secondary N) is 1. The Morgan fingerprint density at radius 2 is 1.76 bits per heavy atom. The Labute approximate surface area is 203 Å². The van der Waals surface area contributed by atoms with E-state index in [4.69, 9.17) is 0 Å². The Morgan fingerprint density at radius 1 is 1.12 bits per heavy atom. The number of carbonyl (C=O) groups is 2. The van der Waals surface area contributed by atoms with Crippen molar-refractivity contribution in [1.82, 2.24) is 10.2 Å². The van der Waals surface area contributed by atoms with Crippen LogP contribution in [0.3, 0.4) is 0 Å². The van der Waals surface area contributed by atoms with Gasteiger partial charge >= 0.3 is 0 Å². The molecule has 2 amide bonds. The van der Waals surface area contributed by atoms with Gasteiger partial charge in [-0.2, -0.15) is 0 Å². The van der Waals surface area contributed by atoms with Gasteiger partial charge in [0.2, 0.25) is 21.8 Å². The summed E-state index contributed by atoms with van der Waals surface area (Å²) in [5.74, 6) is -1.30. The molecule has 0 spiro atoms. The maximum Gasteiger partial charge on any atom is 0.244 e.